The molecule has 0 aliphatic rings. The molecule has 1 atom stereocenters. The molecule has 1 unspecified atom stereocenters. The van der Waals surface area contributed by atoms with Crippen LogP contribution in [0.1, 0.15) is 117 Å². The van der Waals surface area contributed by atoms with E-state index in [1.165, 1.54) is 12.8 Å². The molecule has 0 fully saturated rings. The van der Waals surface area contributed by atoms with Crippen molar-refractivity contribution in [1.82, 2.24) is 0 Å². The lowest BCUT2D eigenvalue weighted by Crippen LogP contribution is -2.15. The number of rotatable bonds is 2. The SMILES string of the molecule is CC(C)C(C)(C)C.CC(C)CC(C)(C)C.CCC(C)C(C)(C)C. The van der Waals surface area contributed by atoms with E-state index in [1.54, 1.807) is 0 Å². The van der Waals surface area contributed by atoms with Gasteiger partial charge in [0.1, 0.15) is 0 Å². The number of hydrogen-bond donors (Lipinski definition) is 0. The predicted octanol–water partition coefficient (Wildman–Crippen LogP) is 8.85. The second-order valence-electron chi connectivity index (χ2n) is 11.4. The zero-order chi connectivity index (χ0) is 19.6. The molecule has 144 valence electrons. The van der Waals surface area contributed by atoms with Gasteiger partial charge in [-0.2, -0.15) is 0 Å². The molecule has 0 aliphatic heterocycles. The summed E-state index contributed by atoms with van der Waals surface area (Å²) in [6.07, 6.45) is 2.62. The molecule has 0 rings (SSSR count). The first-order valence-corrected chi connectivity index (χ1v) is 9.84. The molecular weight excluding hydrogens is 276 g/mol. The Morgan fingerprint density at radius 3 is 0.913 bits per heavy atom. The molecule has 0 nitrogen and oxygen atoms in total. The second kappa shape index (κ2) is 11.5. The van der Waals surface area contributed by atoms with Gasteiger partial charge in [-0.25, -0.2) is 0 Å². The maximum Gasteiger partial charge on any atom is -0.0357 e. The van der Waals surface area contributed by atoms with Crippen LogP contribution in [0.4, 0.5) is 0 Å². The zero-order valence-electron chi connectivity index (χ0n) is 19.6. The molecule has 0 aromatic rings. The summed E-state index contributed by atoms with van der Waals surface area (Å²) in [6.45, 7) is 34.1. The summed E-state index contributed by atoms with van der Waals surface area (Å²) >= 11 is 0. The molecule has 0 amide bonds. The second-order valence-corrected chi connectivity index (χ2v) is 11.4. The third kappa shape index (κ3) is 24.4. The van der Waals surface area contributed by atoms with Crippen molar-refractivity contribution in [1.29, 1.82) is 0 Å². The summed E-state index contributed by atoms with van der Waals surface area (Å²) in [6, 6.07) is 0. The minimum atomic E-state index is 0.500. The molecule has 23 heavy (non-hydrogen) atoms. The van der Waals surface area contributed by atoms with E-state index in [-0.39, 0.29) is 0 Å². The average Bonchev–Trinajstić information content (AvgIpc) is 2.23. The predicted molar refractivity (Wildman–Crippen MR) is 112 cm³/mol. The van der Waals surface area contributed by atoms with Gasteiger partial charge in [0.05, 0.1) is 0 Å². The van der Waals surface area contributed by atoms with Gasteiger partial charge >= 0.3 is 0 Å². The van der Waals surface area contributed by atoms with E-state index < -0.39 is 0 Å². The molecule has 0 heteroatoms. The smallest absolute Gasteiger partial charge is 0.0357 e. The summed E-state index contributed by atoms with van der Waals surface area (Å²) in [5.74, 6) is 2.49. The third-order valence-electron chi connectivity index (χ3n) is 4.84. The van der Waals surface area contributed by atoms with E-state index in [2.05, 4.69) is 104 Å². The lowest BCUT2D eigenvalue weighted by atomic mass is 9.81. The van der Waals surface area contributed by atoms with Gasteiger partial charge in [-0.15, -0.1) is 0 Å². The van der Waals surface area contributed by atoms with Crippen LogP contribution in [0.25, 0.3) is 0 Å². The first-order valence-electron chi connectivity index (χ1n) is 9.84. The van der Waals surface area contributed by atoms with Gasteiger partial charge in [-0.1, -0.05) is 110 Å². The Hall–Kier alpha value is 0. The Balaban J connectivity index is -0.000000262. The van der Waals surface area contributed by atoms with Crippen LogP contribution in [-0.2, 0) is 0 Å². The van der Waals surface area contributed by atoms with Crippen molar-refractivity contribution in [2.24, 2.45) is 34.0 Å². The van der Waals surface area contributed by atoms with Crippen molar-refractivity contribution in [2.45, 2.75) is 117 Å². The summed E-state index contributed by atoms with van der Waals surface area (Å²) in [5, 5.41) is 0. The van der Waals surface area contributed by atoms with Crippen LogP contribution >= 0.6 is 0 Å². The van der Waals surface area contributed by atoms with Crippen molar-refractivity contribution in [3.8, 4) is 0 Å². The molecule has 0 aromatic heterocycles. The normalized spacial score (nSPS) is 14.0. The highest BCUT2D eigenvalue weighted by atomic mass is 14.2. The van der Waals surface area contributed by atoms with E-state index in [0.717, 1.165) is 17.8 Å². The molecule has 0 N–H and O–H groups in total. The average molecular weight is 329 g/mol. The Morgan fingerprint density at radius 2 is 0.913 bits per heavy atom. The lowest BCUT2D eigenvalue weighted by molar-refractivity contribution is 0.254. The highest BCUT2D eigenvalue weighted by Crippen LogP contribution is 2.27. The fourth-order valence-corrected chi connectivity index (χ4v) is 1.84. The summed E-state index contributed by atoms with van der Waals surface area (Å²) in [5.41, 5.74) is 1.53. The maximum atomic E-state index is 2.31. The Morgan fingerprint density at radius 1 is 0.609 bits per heavy atom. The van der Waals surface area contributed by atoms with Crippen molar-refractivity contribution in [3.05, 3.63) is 0 Å². The van der Waals surface area contributed by atoms with Crippen LogP contribution in [0.5, 0.6) is 0 Å². The standard InChI is InChI=1S/2C8H18.C7H16/c1-7(2)6-8(3,4)5;1-6-7(2)8(3,4)5;1-6(2)7(3,4)5/h2*7H,6H2,1-5H3;6H,1-5H3. The Labute approximate surface area is 151 Å². The van der Waals surface area contributed by atoms with Gasteiger partial charge in [0.15, 0.2) is 0 Å². The Bertz CT molecular complexity index is 249. The highest BCUT2D eigenvalue weighted by molar-refractivity contribution is 4.67. The molecule has 0 radical (unpaired) electrons. The van der Waals surface area contributed by atoms with Crippen molar-refractivity contribution in [2.75, 3.05) is 0 Å². The maximum absolute atomic E-state index is 2.31. The van der Waals surface area contributed by atoms with Gasteiger partial charge in [0.2, 0.25) is 0 Å². The fraction of sp³-hybridized carbons (Fsp3) is 1.00. The van der Waals surface area contributed by atoms with Crippen LogP contribution in [0, 0.1) is 34.0 Å². The molecule has 0 bridgehead atoms. The quantitative estimate of drug-likeness (QED) is 0.475. The van der Waals surface area contributed by atoms with Gasteiger partial charge < -0.3 is 0 Å². The van der Waals surface area contributed by atoms with Gasteiger partial charge in [0.25, 0.3) is 0 Å². The highest BCUT2D eigenvalue weighted by Gasteiger charge is 2.17. The van der Waals surface area contributed by atoms with Gasteiger partial charge in [-0.3, -0.25) is 0 Å². The minimum Gasteiger partial charge on any atom is -0.0651 e. The van der Waals surface area contributed by atoms with Crippen LogP contribution in [0.2, 0.25) is 0 Å². The molecular formula is C23H52. The van der Waals surface area contributed by atoms with Crippen molar-refractivity contribution >= 4 is 0 Å². The molecule has 0 heterocycles. The molecule has 0 aromatic carbocycles. The van der Waals surface area contributed by atoms with Crippen LogP contribution in [0.3, 0.4) is 0 Å². The fourth-order valence-electron chi connectivity index (χ4n) is 1.84. The minimum absolute atomic E-state index is 0.500. The van der Waals surface area contributed by atoms with Gasteiger partial charge in [0, 0.05) is 0 Å². The number of hydrogen-bond acceptors (Lipinski definition) is 0. The first kappa shape index (κ1) is 27.8. The molecule has 0 aliphatic carbocycles. The molecule has 0 saturated carbocycles. The van der Waals surface area contributed by atoms with Crippen LogP contribution in [0.15, 0.2) is 0 Å². The van der Waals surface area contributed by atoms with Crippen molar-refractivity contribution in [3.63, 3.8) is 0 Å². The van der Waals surface area contributed by atoms with E-state index in [9.17, 15) is 0 Å². The Kier molecular flexibility index (Phi) is 14.0. The monoisotopic (exact) mass is 328 g/mol. The van der Waals surface area contributed by atoms with E-state index >= 15 is 0 Å². The molecule has 0 spiro atoms. The van der Waals surface area contributed by atoms with Crippen molar-refractivity contribution < 1.29 is 0 Å². The zero-order valence-corrected chi connectivity index (χ0v) is 19.6. The van der Waals surface area contributed by atoms with Gasteiger partial charge in [-0.05, 0) is 40.4 Å². The van der Waals surface area contributed by atoms with Crippen LogP contribution in [-0.4, -0.2) is 0 Å². The summed E-state index contributed by atoms with van der Waals surface area (Å²) < 4.78 is 0. The van der Waals surface area contributed by atoms with E-state index in [0.29, 0.717) is 16.2 Å². The lowest BCUT2D eigenvalue weighted by Gasteiger charge is -2.25. The van der Waals surface area contributed by atoms with E-state index in [4.69, 9.17) is 0 Å². The summed E-state index contributed by atoms with van der Waals surface area (Å²) in [7, 11) is 0. The largest absolute Gasteiger partial charge is 0.0651 e. The van der Waals surface area contributed by atoms with E-state index in [1.807, 2.05) is 0 Å². The summed E-state index contributed by atoms with van der Waals surface area (Å²) in [4.78, 5) is 0. The first-order chi connectivity index (χ1) is 9.84. The third-order valence-corrected chi connectivity index (χ3v) is 4.84. The molecule has 0 saturated heterocycles. The van der Waals surface area contributed by atoms with Crippen LogP contribution < -0.4 is 0 Å². The topological polar surface area (TPSA) is 0 Å².